The van der Waals surface area contributed by atoms with Gasteiger partial charge in [0.25, 0.3) is 0 Å². The van der Waals surface area contributed by atoms with Gasteiger partial charge >= 0.3 is 0 Å². The highest BCUT2D eigenvalue weighted by Crippen LogP contribution is 2.49. The fraction of sp³-hybridized carbons (Fsp3) is 0.222. The van der Waals surface area contributed by atoms with Crippen LogP contribution in [0, 0.1) is 13.8 Å². The lowest BCUT2D eigenvalue weighted by Crippen LogP contribution is -2.41. The van der Waals surface area contributed by atoms with E-state index in [9.17, 15) is 0 Å². The highest BCUT2D eigenvalue weighted by molar-refractivity contribution is 5.89. The van der Waals surface area contributed by atoms with E-state index in [-0.39, 0.29) is 0 Å². The normalized spacial score (nSPS) is 15.1. The Balaban J connectivity index is 1.18. The van der Waals surface area contributed by atoms with Crippen molar-refractivity contribution in [2.45, 2.75) is 13.8 Å². The van der Waals surface area contributed by atoms with Gasteiger partial charge in [-0.2, -0.15) is 0 Å². The summed E-state index contributed by atoms with van der Waals surface area (Å²) in [6.07, 6.45) is 0. The molecule has 210 valence electrons. The van der Waals surface area contributed by atoms with Crippen molar-refractivity contribution in [1.82, 2.24) is 14.9 Å². The highest BCUT2D eigenvalue weighted by Gasteiger charge is 2.26. The maximum absolute atomic E-state index is 6.72. The second-order valence-corrected chi connectivity index (χ2v) is 11.6. The van der Waals surface area contributed by atoms with Crippen LogP contribution in [0.1, 0.15) is 11.4 Å². The first kappa shape index (κ1) is 25.2. The largest absolute Gasteiger partial charge is 0.453 e. The monoisotopic (exact) mass is 554 g/mol. The molecule has 0 spiro atoms. The average Bonchev–Trinajstić information content (AvgIpc) is 3.58. The number of nitrogens with one attached hydrogen (secondary N) is 2. The topological polar surface area (TPSA) is 56.5 Å². The summed E-state index contributed by atoms with van der Waals surface area (Å²) in [6.45, 7) is 9.61. The molecule has 0 saturated carbocycles. The van der Waals surface area contributed by atoms with Crippen LogP contribution in [-0.4, -0.2) is 54.3 Å². The zero-order valence-corrected chi connectivity index (χ0v) is 24.0. The fourth-order valence-electron chi connectivity index (χ4n) is 6.47. The van der Waals surface area contributed by atoms with Crippen LogP contribution in [0.4, 0.5) is 11.4 Å². The number of ether oxygens (including phenoxy) is 2. The standard InChI is InChI=1S/C36H34N4O2/c1-23-17-29-19-25(3-7-31(29)37-23)27-5-9-33-35(21-27)42-36-22-28(26-4-8-32-30(20-26)18-24(2)38-32)6-10-34(36)40(33)12-11-39-13-15-41-16-14-39/h3-10,17-22,37-38H,11-16H2,1-2H3. The Morgan fingerprint density at radius 1 is 0.595 bits per heavy atom. The summed E-state index contributed by atoms with van der Waals surface area (Å²) in [5, 5.41) is 2.45. The van der Waals surface area contributed by atoms with Gasteiger partial charge in [0.05, 0.1) is 24.6 Å². The first-order valence-corrected chi connectivity index (χ1v) is 14.8. The van der Waals surface area contributed by atoms with Crippen LogP contribution in [0.15, 0.2) is 84.9 Å². The van der Waals surface area contributed by atoms with Crippen LogP contribution < -0.4 is 9.64 Å². The minimum absolute atomic E-state index is 0.805. The van der Waals surface area contributed by atoms with Gasteiger partial charge in [0.15, 0.2) is 11.5 Å². The van der Waals surface area contributed by atoms with Gasteiger partial charge in [0.2, 0.25) is 0 Å². The lowest BCUT2D eigenvalue weighted by atomic mass is 10.0. The van der Waals surface area contributed by atoms with Crippen LogP contribution in [0.2, 0.25) is 0 Å². The van der Waals surface area contributed by atoms with Gasteiger partial charge in [-0.3, -0.25) is 4.90 Å². The molecular formula is C36H34N4O2. The molecule has 0 unspecified atom stereocenters. The first-order valence-electron chi connectivity index (χ1n) is 14.8. The summed E-state index contributed by atoms with van der Waals surface area (Å²) in [7, 11) is 0. The Labute approximate surface area is 245 Å². The van der Waals surface area contributed by atoms with E-state index in [1.807, 2.05) is 0 Å². The number of fused-ring (bicyclic) bond motifs is 4. The highest BCUT2D eigenvalue weighted by atomic mass is 16.5. The number of anilines is 2. The Morgan fingerprint density at radius 3 is 1.64 bits per heavy atom. The molecule has 4 aromatic carbocycles. The number of morpholine rings is 1. The molecule has 42 heavy (non-hydrogen) atoms. The number of hydrogen-bond acceptors (Lipinski definition) is 4. The quantitative estimate of drug-likeness (QED) is 0.226. The molecule has 4 heterocycles. The Morgan fingerprint density at radius 2 is 1.10 bits per heavy atom. The van der Waals surface area contributed by atoms with E-state index in [0.29, 0.717) is 0 Å². The number of aryl methyl sites for hydroxylation is 2. The lowest BCUT2D eigenvalue weighted by molar-refractivity contribution is 0.0394. The lowest BCUT2D eigenvalue weighted by Gasteiger charge is -2.35. The van der Waals surface area contributed by atoms with Gasteiger partial charge in [0, 0.05) is 59.4 Å². The van der Waals surface area contributed by atoms with Crippen molar-refractivity contribution >= 4 is 33.2 Å². The molecule has 0 amide bonds. The molecule has 0 aliphatic carbocycles. The van der Waals surface area contributed by atoms with Gasteiger partial charge < -0.3 is 24.3 Å². The van der Waals surface area contributed by atoms with Crippen molar-refractivity contribution in [3.63, 3.8) is 0 Å². The Kier molecular flexibility index (Phi) is 6.05. The smallest absolute Gasteiger partial charge is 0.151 e. The van der Waals surface area contributed by atoms with Crippen molar-refractivity contribution in [3.8, 4) is 33.8 Å². The summed E-state index contributed by atoms with van der Waals surface area (Å²) in [5.74, 6) is 1.78. The van der Waals surface area contributed by atoms with Gasteiger partial charge in [0.1, 0.15) is 0 Å². The molecule has 6 nitrogen and oxygen atoms in total. The predicted octanol–water partition coefficient (Wildman–Crippen LogP) is 8.18. The molecule has 2 N–H and O–H groups in total. The van der Waals surface area contributed by atoms with Crippen molar-refractivity contribution in [2.75, 3.05) is 44.3 Å². The molecule has 2 aliphatic rings. The Bertz CT molecular complexity index is 1820. The maximum atomic E-state index is 6.72. The van der Waals surface area contributed by atoms with Crippen molar-refractivity contribution in [1.29, 1.82) is 0 Å². The van der Waals surface area contributed by atoms with Crippen LogP contribution >= 0.6 is 0 Å². The molecule has 1 saturated heterocycles. The van der Waals surface area contributed by atoms with Crippen LogP contribution in [0.5, 0.6) is 11.5 Å². The van der Waals surface area contributed by atoms with Crippen molar-refractivity contribution < 1.29 is 9.47 Å². The molecule has 2 aliphatic heterocycles. The van der Waals surface area contributed by atoms with Gasteiger partial charge in [-0.25, -0.2) is 0 Å². The van der Waals surface area contributed by atoms with E-state index in [4.69, 9.17) is 9.47 Å². The molecule has 6 heteroatoms. The summed E-state index contributed by atoms with van der Waals surface area (Å²) in [6, 6.07) is 30.9. The molecule has 0 bridgehead atoms. The maximum Gasteiger partial charge on any atom is 0.151 e. The van der Waals surface area contributed by atoms with E-state index in [1.54, 1.807) is 0 Å². The minimum atomic E-state index is 0.805. The summed E-state index contributed by atoms with van der Waals surface area (Å²) in [5.41, 5.74) is 11.5. The van der Waals surface area contributed by atoms with E-state index >= 15 is 0 Å². The van der Waals surface area contributed by atoms with Gasteiger partial charge in [-0.1, -0.05) is 24.3 Å². The molecule has 8 rings (SSSR count). The number of benzene rings is 4. The third-order valence-electron chi connectivity index (χ3n) is 8.64. The minimum Gasteiger partial charge on any atom is -0.453 e. The zero-order chi connectivity index (χ0) is 28.2. The fourth-order valence-corrected chi connectivity index (χ4v) is 6.47. The van der Waals surface area contributed by atoms with E-state index < -0.39 is 0 Å². The van der Waals surface area contributed by atoms with E-state index in [1.165, 1.54) is 33.3 Å². The zero-order valence-electron chi connectivity index (χ0n) is 24.0. The molecule has 2 aromatic heterocycles. The molecule has 1 fully saturated rings. The molecule has 6 aromatic rings. The number of rotatable bonds is 5. The molecule has 0 atom stereocenters. The summed E-state index contributed by atoms with van der Waals surface area (Å²) >= 11 is 0. The van der Waals surface area contributed by atoms with Gasteiger partial charge in [-0.15, -0.1) is 0 Å². The third kappa shape index (κ3) is 4.53. The van der Waals surface area contributed by atoms with Crippen LogP contribution in [-0.2, 0) is 4.74 Å². The first-order chi connectivity index (χ1) is 20.6. The van der Waals surface area contributed by atoms with E-state index in [0.717, 1.165) is 84.4 Å². The van der Waals surface area contributed by atoms with Crippen molar-refractivity contribution in [3.05, 3.63) is 96.3 Å². The summed E-state index contributed by atoms with van der Waals surface area (Å²) < 4.78 is 12.3. The molecule has 0 radical (unpaired) electrons. The average molecular weight is 555 g/mol. The van der Waals surface area contributed by atoms with Crippen LogP contribution in [0.25, 0.3) is 44.1 Å². The Hall–Kier alpha value is -4.52. The van der Waals surface area contributed by atoms with E-state index in [2.05, 4.69) is 119 Å². The SMILES string of the molecule is Cc1cc2cc(-c3ccc4c(c3)Oc3cc(-c5ccc6[nH]c(C)cc6c5)ccc3N4CCN3CCOCC3)ccc2[nH]1. The second-order valence-electron chi connectivity index (χ2n) is 11.6. The van der Waals surface area contributed by atoms with Gasteiger partial charge in [-0.05, 0) is 96.8 Å². The number of nitrogens with zero attached hydrogens (tertiary/aromatic N) is 2. The number of hydrogen-bond donors (Lipinski definition) is 2. The third-order valence-corrected chi connectivity index (χ3v) is 8.64. The number of H-pyrrole nitrogens is 2. The number of aromatic nitrogens is 2. The predicted molar refractivity (Wildman–Crippen MR) is 171 cm³/mol. The van der Waals surface area contributed by atoms with Crippen molar-refractivity contribution in [2.24, 2.45) is 0 Å². The number of aromatic amines is 2. The molecular weight excluding hydrogens is 520 g/mol. The second kappa shape index (κ2) is 10.1. The van der Waals surface area contributed by atoms with Crippen LogP contribution in [0.3, 0.4) is 0 Å². The summed E-state index contributed by atoms with van der Waals surface area (Å²) in [4.78, 5) is 11.8.